The highest BCUT2D eigenvalue weighted by molar-refractivity contribution is 6.02. The van der Waals surface area contributed by atoms with Crippen LogP contribution in [0.1, 0.15) is 17.9 Å². The Morgan fingerprint density at radius 2 is 1.93 bits per heavy atom. The minimum absolute atomic E-state index is 0.0174. The van der Waals surface area contributed by atoms with Gasteiger partial charge in [0.2, 0.25) is 17.7 Å². The van der Waals surface area contributed by atoms with Gasteiger partial charge in [0.05, 0.1) is 19.4 Å². The van der Waals surface area contributed by atoms with E-state index in [4.69, 9.17) is 9.15 Å². The summed E-state index contributed by atoms with van der Waals surface area (Å²) in [4.78, 5) is 26.3. The molecule has 1 fully saturated rings. The molecule has 154 valence electrons. The van der Waals surface area contributed by atoms with Crippen molar-refractivity contribution in [1.82, 2.24) is 10.2 Å². The molecule has 0 spiro atoms. The first-order chi connectivity index (χ1) is 14.5. The molecule has 1 aliphatic rings. The molecule has 4 rings (SSSR count). The molecule has 8 nitrogen and oxygen atoms in total. The first kappa shape index (κ1) is 19.6. The van der Waals surface area contributed by atoms with Crippen molar-refractivity contribution >= 4 is 23.5 Å². The van der Waals surface area contributed by atoms with Gasteiger partial charge in [0.1, 0.15) is 11.6 Å². The lowest BCUT2D eigenvalue weighted by Crippen LogP contribution is -2.28. The van der Waals surface area contributed by atoms with E-state index in [1.807, 2.05) is 24.3 Å². The average molecular weight is 410 g/mol. The Labute approximate surface area is 171 Å². The zero-order valence-electron chi connectivity index (χ0n) is 16.2. The van der Waals surface area contributed by atoms with Gasteiger partial charge in [0.15, 0.2) is 0 Å². The van der Waals surface area contributed by atoms with Crippen LogP contribution in [0.5, 0.6) is 5.75 Å². The van der Waals surface area contributed by atoms with Crippen LogP contribution in [0.2, 0.25) is 0 Å². The van der Waals surface area contributed by atoms with Crippen LogP contribution in [-0.4, -0.2) is 35.7 Å². The Balaban J connectivity index is 1.36. The van der Waals surface area contributed by atoms with Crippen LogP contribution in [0.4, 0.5) is 16.1 Å². The quantitative estimate of drug-likeness (QED) is 0.671. The van der Waals surface area contributed by atoms with Crippen molar-refractivity contribution in [3.63, 3.8) is 0 Å². The number of aromatic nitrogens is 2. The lowest BCUT2D eigenvalue weighted by Gasteiger charge is -2.16. The molecule has 1 unspecified atom stereocenters. The van der Waals surface area contributed by atoms with Gasteiger partial charge in [-0.25, -0.2) is 4.39 Å². The molecule has 0 saturated carbocycles. The second-order valence-corrected chi connectivity index (χ2v) is 6.90. The van der Waals surface area contributed by atoms with Crippen molar-refractivity contribution in [2.24, 2.45) is 5.92 Å². The van der Waals surface area contributed by atoms with Crippen LogP contribution in [0.15, 0.2) is 52.9 Å². The molecule has 3 aromatic rings. The highest BCUT2D eigenvalue weighted by Gasteiger charge is 2.35. The van der Waals surface area contributed by atoms with E-state index < -0.39 is 5.92 Å². The normalized spacial score (nSPS) is 16.0. The molecular weight excluding hydrogens is 391 g/mol. The molecule has 2 amide bonds. The maximum Gasteiger partial charge on any atom is 0.322 e. The van der Waals surface area contributed by atoms with E-state index in [2.05, 4.69) is 15.5 Å². The number of rotatable bonds is 6. The fraction of sp³-hybridized carbons (Fsp3) is 0.238. The summed E-state index contributed by atoms with van der Waals surface area (Å²) in [6, 6.07) is 13.0. The molecule has 0 aliphatic carbocycles. The van der Waals surface area contributed by atoms with E-state index in [0.29, 0.717) is 18.0 Å². The van der Waals surface area contributed by atoms with Gasteiger partial charge >= 0.3 is 6.01 Å². The molecule has 0 radical (unpaired) electrons. The van der Waals surface area contributed by atoms with Crippen LogP contribution in [0, 0.1) is 11.7 Å². The summed E-state index contributed by atoms with van der Waals surface area (Å²) in [6.07, 6.45) is 0.461. The standard InChI is InChI=1S/C21H19FN4O4/c1-29-17-8-2-13(3-9-17)10-18-24-25-21(30-18)23-20(28)14-11-19(27)26(12-14)16-6-4-15(22)5-7-16/h2-9,14H,10-12H2,1H3,(H,23,25,28). The molecule has 0 bridgehead atoms. The van der Waals surface area contributed by atoms with E-state index in [9.17, 15) is 14.0 Å². The van der Waals surface area contributed by atoms with Gasteiger partial charge in [-0.15, -0.1) is 5.10 Å². The van der Waals surface area contributed by atoms with E-state index in [-0.39, 0.29) is 36.6 Å². The number of carbonyl (C=O) groups excluding carboxylic acids is 2. The maximum atomic E-state index is 13.1. The minimum atomic E-state index is -0.570. The fourth-order valence-corrected chi connectivity index (χ4v) is 3.25. The van der Waals surface area contributed by atoms with Gasteiger partial charge in [-0.05, 0) is 42.0 Å². The summed E-state index contributed by atoms with van der Waals surface area (Å²) in [6.45, 7) is 0.198. The zero-order valence-corrected chi connectivity index (χ0v) is 16.2. The number of carbonyl (C=O) groups is 2. The third-order valence-corrected chi connectivity index (χ3v) is 4.85. The summed E-state index contributed by atoms with van der Waals surface area (Å²) in [5.41, 5.74) is 1.50. The summed E-state index contributed by atoms with van der Waals surface area (Å²) >= 11 is 0. The molecule has 30 heavy (non-hydrogen) atoms. The monoisotopic (exact) mass is 410 g/mol. The van der Waals surface area contributed by atoms with E-state index >= 15 is 0 Å². The first-order valence-corrected chi connectivity index (χ1v) is 9.34. The maximum absolute atomic E-state index is 13.1. The fourth-order valence-electron chi connectivity index (χ4n) is 3.25. The number of hydrogen-bond acceptors (Lipinski definition) is 6. The number of nitrogens with one attached hydrogen (secondary N) is 1. The van der Waals surface area contributed by atoms with E-state index in [0.717, 1.165) is 11.3 Å². The predicted octanol–water partition coefficient (Wildman–Crippen LogP) is 2.80. The van der Waals surface area contributed by atoms with Crippen molar-refractivity contribution in [1.29, 1.82) is 0 Å². The highest BCUT2D eigenvalue weighted by atomic mass is 19.1. The number of anilines is 2. The summed E-state index contributed by atoms with van der Waals surface area (Å²) in [7, 11) is 1.60. The van der Waals surface area contributed by atoms with E-state index in [1.54, 1.807) is 7.11 Å². The molecule has 2 aromatic carbocycles. The number of methoxy groups -OCH3 is 1. The Hall–Kier alpha value is -3.75. The van der Waals surface area contributed by atoms with Gasteiger partial charge in [-0.2, -0.15) is 0 Å². The molecule has 1 atom stereocenters. The molecule has 1 saturated heterocycles. The van der Waals surface area contributed by atoms with Crippen LogP contribution in [-0.2, 0) is 16.0 Å². The first-order valence-electron chi connectivity index (χ1n) is 9.34. The van der Waals surface area contributed by atoms with Crippen LogP contribution >= 0.6 is 0 Å². The Kier molecular flexibility index (Phi) is 5.42. The van der Waals surface area contributed by atoms with Gasteiger partial charge in [-0.1, -0.05) is 17.2 Å². The predicted molar refractivity (Wildman–Crippen MR) is 106 cm³/mol. The second kappa shape index (κ2) is 8.32. The Morgan fingerprint density at radius 1 is 1.20 bits per heavy atom. The molecule has 1 N–H and O–H groups in total. The van der Waals surface area contributed by atoms with Crippen LogP contribution in [0.25, 0.3) is 0 Å². The molecule has 1 aromatic heterocycles. The second-order valence-electron chi connectivity index (χ2n) is 6.90. The summed E-state index contributed by atoms with van der Waals surface area (Å²) in [5.74, 6) is -0.440. The molecule has 9 heteroatoms. The largest absolute Gasteiger partial charge is 0.497 e. The Morgan fingerprint density at radius 3 is 2.63 bits per heavy atom. The number of halogens is 1. The number of benzene rings is 2. The van der Waals surface area contributed by atoms with Gasteiger partial charge < -0.3 is 14.1 Å². The van der Waals surface area contributed by atoms with Gasteiger partial charge in [0, 0.05) is 18.7 Å². The topological polar surface area (TPSA) is 97.6 Å². The zero-order chi connectivity index (χ0) is 21.1. The third kappa shape index (κ3) is 4.29. The van der Waals surface area contributed by atoms with Crippen molar-refractivity contribution in [3.8, 4) is 5.75 Å². The van der Waals surface area contributed by atoms with Crippen LogP contribution < -0.4 is 15.0 Å². The molecule has 2 heterocycles. The smallest absolute Gasteiger partial charge is 0.322 e. The molecule has 1 aliphatic heterocycles. The average Bonchev–Trinajstić information content (AvgIpc) is 3.35. The lowest BCUT2D eigenvalue weighted by molar-refractivity contribution is -0.122. The molecular formula is C21H19FN4O4. The minimum Gasteiger partial charge on any atom is -0.497 e. The highest BCUT2D eigenvalue weighted by Crippen LogP contribution is 2.26. The van der Waals surface area contributed by atoms with Crippen LogP contribution in [0.3, 0.4) is 0 Å². The van der Waals surface area contributed by atoms with Gasteiger partial charge in [-0.3, -0.25) is 14.9 Å². The van der Waals surface area contributed by atoms with Gasteiger partial charge in [0.25, 0.3) is 0 Å². The Bertz CT molecular complexity index is 1050. The third-order valence-electron chi connectivity index (χ3n) is 4.85. The van der Waals surface area contributed by atoms with E-state index in [1.165, 1.54) is 29.2 Å². The number of hydrogen-bond donors (Lipinski definition) is 1. The van der Waals surface area contributed by atoms with Crippen molar-refractivity contribution in [2.45, 2.75) is 12.8 Å². The SMILES string of the molecule is COc1ccc(Cc2nnc(NC(=O)C3CC(=O)N(c4ccc(F)cc4)C3)o2)cc1. The number of ether oxygens (including phenoxy) is 1. The number of amides is 2. The van der Waals surface area contributed by atoms with Crippen molar-refractivity contribution in [3.05, 3.63) is 65.8 Å². The van der Waals surface area contributed by atoms with Crippen molar-refractivity contribution in [2.75, 3.05) is 23.9 Å². The summed E-state index contributed by atoms with van der Waals surface area (Å²) in [5, 5.41) is 10.4. The summed E-state index contributed by atoms with van der Waals surface area (Å²) < 4.78 is 23.7. The van der Waals surface area contributed by atoms with Crippen molar-refractivity contribution < 1.29 is 23.1 Å². The number of nitrogens with zero attached hydrogens (tertiary/aromatic N) is 3. The lowest BCUT2D eigenvalue weighted by atomic mass is 10.1.